The summed E-state index contributed by atoms with van der Waals surface area (Å²) >= 11 is 1.59. The predicted octanol–water partition coefficient (Wildman–Crippen LogP) is 3.54. The van der Waals surface area contributed by atoms with E-state index in [1.165, 1.54) is 12.1 Å². The van der Waals surface area contributed by atoms with Crippen LogP contribution in [-0.2, 0) is 25.9 Å². The van der Waals surface area contributed by atoms with E-state index in [0.717, 1.165) is 59.2 Å². The Hall–Kier alpha value is -2.38. The number of benzene rings is 1. The maximum Gasteiger partial charge on any atom is 0.255 e. The number of aromatic amines is 1. The van der Waals surface area contributed by atoms with E-state index in [0.29, 0.717) is 13.1 Å². The summed E-state index contributed by atoms with van der Waals surface area (Å²) in [5, 5.41) is 2.98. The van der Waals surface area contributed by atoms with E-state index >= 15 is 0 Å². The van der Waals surface area contributed by atoms with Gasteiger partial charge >= 0.3 is 0 Å². The first-order valence-corrected chi connectivity index (χ1v) is 10.0. The lowest BCUT2D eigenvalue weighted by Crippen LogP contribution is -2.35. The molecule has 0 saturated heterocycles. The van der Waals surface area contributed by atoms with Crippen molar-refractivity contribution < 1.29 is 4.39 Å². The number of nitrogens with one attached hydrogen (secondary N) is 1. The molecule has 0 aliphatic carbocycles. The summed E-state index contributed by atoms with van der Waals surface area (Å²) in [6, 6.07) is 6.37. The van der Waals surface area contributed by atoms with Gasteiger partial charge in [0.05, 0.1) is 23.5 Å². The number of hydrogen-bond acceptors (Lipinski definition) is 5. The second-order valence-electron chi connectivity index (χ2n) is 6.78. The third-order valence-corrected chi connectivity index (χ3v) is 5.57. The number of thiazole rings is 1. The molecule has 1 N–H and O–H groups in total. The van der Waals surface area contributed by atoms with E-state index < -0.39 is 0 Å². The molecule has 3 aromatic rings. The van der Waals surface area contributed by atoms with Crippen LogP contribution in [-0.4, -0.2) is 26.4 Å². The van der Waals surface area contributed by atoms with Gasteiger partial charge in [0.2, 0.25) is 0 Å². The minimum absolute atomic E-state index is 0.0145. The van der Waals surface area contributed by atoms with Crippen LogP contribution < -0.4 is 5.56 Å². The van der Waals surface area contributed by atoms with Gasteiger partial charge in [0, 0.05) is 36.9 Å². The number of aromatic nitrogens is 3. The number of fused-ring (bicyclic) bond motifs is 1. The van der Waals surface area contributed by atoms with Gasteiger partial charge in [-0.1, -0.05) is 6.92 Å². The highest BCUT2D eigenvalue weighted by Gasteiger charge is 2.22. The van der Waals surface area contributed by atoms with E-state index in [9.17, 15) is 9.18 Å². The van der Waals surface area contributed by atoms with Crippen molar-refractivity contribution in [3.8, 4) is 11.3 Å². The molecule has 0 bridgehead atoms. The Morgan fingerprint density at radius 2 is 2.07 bits per heavy atom. The second-order valence-corrected chi connectivity index (χ2v) is 7.72. The summed E-state index contributed by atoms with van der Waals surface area (Å²) in [4.78, 5) is 26.9. The first kappa shape index (κ1) is 18.0. The van der Waals surface area contributed by atoms with Crippen molar-refractivity contribution in [2.45, 2.75) is 39.3 Å². The maximum atomic E-state index is 13.1. The Labute approximate surface area is 160 Å². The number of nitrogens with zero attached hydrogens (tertiary/aromatic N) is 3. The monoisotopic (exact) mass is 384 g/mol. The van der Waals surface area contributed by atoms with Crippen LogP contribution >= 0.6 is 11.3 Å². The molecule has 0 fully saturated rings. The molecule has 1 aliphatic rings. The Kier molecular flexibility index (Phi) is 5.13. The summed E-state index contributed by atoms with van der Waals surface area (Å²) in [6.07, 6.45) is 2.55. The van der Waals surface area contributed by atoms with Gasteiger partial charge in [-0.25, -0.2) is 14.4 Å². The van der Waals surface area contributed by atoms with E-state index in [1.807, 2.05) is 5.38 Å². The van der Waals surface area contributed by atoms with Gasteiger partial charge in [0.1, 0.15) is 16.6 Å². The van der Waals surface area contributed by atoms with Crippen molar-refractivity contribution in [2.24, 2.45) is 0 Å². The highest BCUT2D eigenvalue weighted by atomic mass is 32.1. The summed E-state index contributed by atoms with van der Waals surface area (Å²) in [6.45, 7) is 4.23. The van der Waals surface area contributed by atoms with Gasteiger partial charge in [0.25, 0.3) is 5.56 Å². The van der Waals surface area contributed by atoms with E-state index in [4.69, 9.17) is 0 Å². The molecule has 1 aromatic carbocycles. The average Bonchev–Trinajstić information content (AvgIpc) is 3.12. The number of halogens is 1. The molecule has 7 heteroatoms. The molecule has 0 spiro atoms. The van der Waals surface area contributed by atoms with Crippen molar-refractivity contribution in [2.75, 3.05) is 6.54 Å². The van der Waals surface area contributed by atoms with Crippen LogP contribution in [0, 0.1) is 5.82 Å². The molecule has 5 nitrogen and oxygen atoms in total. The Balaban J connectivity index is 1.47. The zero-order valence-electron chi connectivity index (χ0n) is 15.2. The van der Waals surface area contributed by atoms with Crippen LogP contribution in [0.3, 0.4) is 0 Å². The molecule has 3 heterocycles. The Bertz CT molecular complexity index is 996. The topological polar surface area (TPSA) is 61.9 Å². The predicted molar refractivity (Wildman–Crippen MR) is 104 cm³/mol. The molecule has 0 saturated carbocycles. The quantitative estimate of drug-likeness (QED) is 0.731. The molecule has 0 unspecified atom stereocenters. The van der Waals surface area contributed by atoms with Crippen LogP contribution in [0.15, 0.2) is 34.4 Å². The molecule has 0 amide bonds. The van der Waals surface area contributed by atoms with Gasteiger partial charge in [0.15, 0.2) is 0 Å². The Morgan fingerprint density at radius 3 is 2.85 bits per heavy atom. The van der Waals surface area contributed by atoms with E-state index in [2.05, 4.69) is 26.8 Å². The van der Waals surface area contributed by atoms with Gasteiger partial charge < -0.3 is 4.98 Å². The van der Waals surface area contributed by atoms with Crippen LogP contribution in [0.2, 0.25) is 0 Å². The van der Waals surface area contributed by atoms with Gasteiger partial charge in [-0.2, -0.15) is 0 Å². The number of hydrogen-bond donors (Lipinski definition) is 1. The lowest BCUT2D eigenvalue weighted by Gasteiger charge is -2.26. The van der Waals surface area contributed by atoms with Gasteiger partial charge in [-0.3, -0.25) is 9.69 Å². The smallest absolute Gasteiger partial charge is 0.255 e. The van der Waals surface area contributed by atoms with Crippen LogP contribution in [0.25, 0.3) is 11.3 Å². The molecular weight excluding hydrogens is 363 g/mol. The highest BCUT2D eigenvalue weighted by Crippen LogP contribution is 2.24. The van der Waals surface area contributed by atoms with E-state index in [-0.39, 0.29) is 11.4 Å². The number of rotatable bonds is 5. The average molecular weight is 384 g/mol. The fraction of sp³-hybridized carbons (Fsp3) is 0.350. The lowest BCUT2D eigenvalue weighted by molar-refractivity contribution is 0.241. The van der Waals surface area contributed by atoms with E-state index in [1.54, 1.807) is 23.5 Å². The summed E-state index contributed by atoms with van der Waals surface area (Å²) in [5.41, 5.74) is 3.46. The highest BCUT2D eigenvalue weighted by molar-refractivity contribution is 7.09. The van der Waals surface area contributed by atoms with Crippen LogP contribution in [0.1, 0.15) is 35.4 Å². The Morgan fingerprint density at radius 1 is 1.26 bits per heavy atom. The lowest BCUT2D eigenvalue weighted by atomic mass is 10.1. The van der Waals surface area contributed by atoms with Gasteiger partial charge in [-0.05, 0) is 30.7 Å². The molecule has 4 rings (SSSR count). The number of aryl methyl sites for hydroxylation is 1. The zero-order chi connectivity index (χ0) is 18.8. The largest absolute Gasteiger partial charge is 0.310 e. The fourth-order valence-corrected chi connectivity index (χ4v) is 4.20. The standard InChI is InChI=1S/C20H21FN4OS/c1-2-3-18-22-16-8-9-25(10-15(16)20(26)24-18)11-19-23-17(12-27-19)13-4-6-14(21)7-5-13/h4-7,12H,2-3,8-11H2,1H3,(H,22,24,26). The van der Waals surface area contributed by atoms with Crippen molar-refractivity contribution >= 4 is 11.3 Å². The van der Waals surface area contributed by atoms with Crippen molar-refractivity contribution in [3.05, 3.63) is 67.9 Å². The molecular formula is C20H21FN4OS. The minimum atomic E-state index is -0.248. The molecule has 1 aliphatic heterocycles. The molecule has 0 atom stereocenters. The summed E-state index contributed by atoms with van der Waals surface area (Å²) < 4.78 is 13.1. The SMILES string of the molecule is CCCc1nc2c(c(=O)[nH]1)CN(Cc1nc(-c3ccc(F)cc3)cs1)CC2. The second kappa shape index (κ2) is 7.70. The molecule has 0 radical (unpaired) electrons. The first-order chi connectivity index (χ1) is 13.1. The van der Waals surface area contributed by atoms with Crippen molar-refractivity contribution in [1.29, 1.82) is 0 Å². The first-order valence-electron chi connectivity index (χ1n) is 9.16. The van der Waals surface area contributed by atoms with Crippen LogP contribution in [0.4, 0.5) is 4.39 Å². The number of H-pyrrole nitrogens is 1. The third-order valence-electron chi connectivity index (χ3n) is 4.73. The molecule has 27 heavy (non-hydrogen) atoms. The summed E-state index contributed by atoms with van der Waals surface area (Å²) in [5.74, 6) is 0.542. The van der Waals surface area contributed by atoms with Crippen LogP contribution in [0.5, 0.6) is 0 Å². The molecule has 2 aromatic heterocycles. The summed E-state index contributed by atoms with van der Waals surface area (Å²) in [7, 11) is 0. The van der Waals surface area contributed by atoms with Crippen molar-refractivity contribution in [1.82, 2.24) is 19.9 Å². The fourth-order valence-electron chi connectivity index (χ4n) is 3.35. The maximum absolute atomic E-state index is 13.1. The van der Waals surface area contributed by atoms with Crippen molar-refractivity contribution in [3.63, 3.8) is 0 Å². The normalized spacial score (nSPS) is 14.3. The minimum Gasteiger partial charge on any atom is -0.310 e. The third kappa shape index (κ3) is 3.99. The molecule has 140 valence electrons. The zero-order valence-corrected chi connectivity index (χ0v) is 16.0. The van der Waals surface area contributed by atoms with Gasteiger partial charge in [-0.15, -0.1) is 11.3 Å².